The number of hydrogen-bond acceptors (Lipinski definition) is 4. The minimum Gasteiger partial charge on any atom is -0.481 e. The monoisotopic (exact) mass is 481 g/mol. The zero-order valence-electron chi connectivity index (χ0n) is 19.9. The highest BCUT2D eigenvalue weighted by atomic mass is 35.5. The Labute approximate surface area is 206 Å². The number of rotatable bonds is 12. The van der Waals surface area contributed by atoms with E-state index >= 15 is 0 Å². The summed E-state index contributed by atoms with van der Waals surface area (Å²) in [6.45, 7) is 5.67. The lowest BCUT2D eigenvalue weighted by Crippen LogP contribution is -2.32. The summed E-state index contributed by atoms with van der Waals surface area (Å²) in [5.74, 6) is -0.783. The first-order valence-corrected chi connectivity index (χ1v) is 12.4. The van der Waals surface area contributed by atoms with Crippen LogP contribution in [0.15, 0.2) is 42.5 Å². The molecule has 0 fully saturated rings. The van der Waals surface area contributed by atoms with E-state index in [9.17, 15) is 9.59 Å². The van der Waals surface area contributed by atoms with E-state index in [0.29, 0.717) is 40.9 Å². The summed E-state index contributed by atoms with van der Waals surface area (Å²) in [4.78, 5) is 35.7. The lowest BCUT2D eigenvalue weighted by atomic mass is 10.0. The number of carbonyl (C=O) groups is 2. The number of carbonyl (C=O) groups excluding carboxylic acids is 1. The number of amides is 1. The maximum atomic E-state index is 13.2. The van der Waals surface area contributed by atoms with Crippen molar-refractivity contribution < 1.29 is 14.7 Å². The molecular formula is C27H32ClN3O3. The Kier molecular flexibility index (Phi) is 9.40. The number of carboxylic acids is 1. The van der Waals surface area contributed by atoms with Crippen molar-refractivity contribution >= 4 is 34.5 Å². The van der Waals surface area contributed by atoms with E-state index in [1.807, 2.05) is 47.4 Å². The largest absolute Gasteiger partial charge is 0.481 e. The van der Waals surface area contributed by atoms with Crippen molar-refractivity contribution in [2.24, 2.45) is 0 Å². The fourth-order valence-electron chi connectivity index (χ4n) is 3.92. The molecule has 7 heteroatoms. The molecule has 0 saturated carbocycles. The number of aromatic nitrogens is 2. The summed E-state index contributed by atoms with van der Waals surface area (Å²) in [5, 5.41) is 9.60. The van der Waals surface area contributed by atoms with Crippen LogP contribution in [0, 0.1) is 0 Å². The van der Waals surface area contributed by atoms with Gasteiger partial charge in [0.15, 0.2) is 0 Å². The van der Waals surface area contributed by atoms with Gasteiger partial charge in [0.25, 0.3) is 5.91 Å². The average molecular weight is 482 g/mol. The maximum Gasteiger partial charge on any atom is 0.303 e. The standard InChI is InChI=1S/C27H32ClN3O3/c1-3-5-17-31(16-4-2)27(34)20-12-15-22-24(18-20)29-23(8-6-7-9-25(32)33)26(30-22)19-10-13-21(28)14-11-19/h10-15,18H,3-9,16-17H2,1-2H3,(H,32,33). The third-order valence-corrected chi connectivity index (χ3v) is 5.97. The summed E-state index contributed by atoms with van der Waals surface area (Å²) in [6, 6.07) is 13.0. The van der Waals surface area contributed by atoms with E-state index in [1.165, 1.54) is 0 Å². The van der Waals surface area contributed by atoms with Gasteiger partial charge >= 0.3 is 5.97 Å². The summed E-state index contributed by atoms with van der Waals surface area (Å²) in [7, 11) is 0. The molecular weight excluding hydrogens is 450 g/mol. The molecule has 0 aliphatic carbocycles. The minimum atomic E-state index is -0.801. The van der Waals surface area contributed by atoms with E-state index in [0.717, 1.165) is 49.3 Å². The van der Waals surface area contributed by atoms with Gasteiger partial charge in [0.1, 0.15) is 0 Å². The van der Waals surface area contributed by atoms with E-state index in [2.05, 4.69) is 13.8 Å². The predicted molar refractivity (Wildman–Crippen MR) is 136 cm³/mol. The third-order valence-electron chi connectivity index (χ3n) is 5.72. The highest BCUT2D eigenvalue weighted by Crippen LogP contribution is 2.27. The molecule has 1 amide bonds. The smallest absolute Gasteiger partial charge is 0.303 e. The summed E-state index contributed by atoms with van der Waals surface area (Å²) >= 11 is 6.07. The van der Waals surface area contributed by atoms with Crippen molar-refractivity contribution in [2.75, 3.05) is 13.1 Å². The Balaban J connectivity index is 1.97. The zero-order chi connectivity index (χ0) is 24.5. The lowest BCUT2D eigenvalue weighted by Gasteiger charge is -2.22. The van der Waals surface area contributed by atoms with Crippen molar-refractivity contribution in [1.82, 2.24) is 14.9 Å². The van der Waals surface area contributed by atoms with Crippen molar-refractivity contribution in [3.63, 3.8) is 0 Å². The molecule has 6 nitrogen and oxygen atoms in total. The van der Waals surface area contributed by atoms with Gasteiger partial charge < -0.3 is 10.0 Å². The van der Waals surface area contributed by atoms with Crippen molar-refractivity contribution in [1.29, 1.82) is 0 Å². The van der Waals surface area contributed by atoms with Gasteiger partial charge in [0.05, 0.1) is 22.4 Å². The number of aryl methyl sites for hydroxylation is 1. The highest BCUT2D eigenvalue weighted by molar-refractivity contribution is 6.30. The minimum absolute atomic E-state index is 0.0174. The van der Waals surface area contributed by atoms with Crippen LogP contribution in [-0.4, -0.2) is 44.9 Å². The Morgan fingerprint density at radius 3 is 2.35 bits per heavy atom. The Hall–Kier alpha value is -2.99. The quantitative estimate of drug-likeness (QED) is 0.302. The predicted octanol–water partition coefficient (Wildman–Crippen LogP) is 6.40. The molecule has 3 rings (SSSR count). The molecule has 0 aliphatic rings. The van der Waals surface area contributed by atoms with Gasteiger partial charge in [-0.1, -0.05) is 44.0 Å². The van der Waals surface area contributed by atoms with Crippen LogP contribution in [0.3, 0.4) is 0 Å². The van der Waals surface area contributed by atoms with Crippen molar-refractivity contribution in [2.45, 2.75) is 58.8 Å². The topological polar surface area (TPSA) is 83.4 Å². The van der Waals surface area contributed by atoms with Gasteiger partial charge in [0.2, 0.25) is 0 Å². The first kappa shape index (κ1) is 25.6. The van der Waals surface area contributed by atoms with Crippen LogP contribution in [0.4, 0.5) is 0 Å². The number of halogens is 1. The molecule has 0 bridgehead atoms. The molecule has 0 spiro atoms. The Bertz CT molecular complexity index is 1130. The van der Waals surface area contributed by atoms with Gasteiger partial charge in [-0.05, 0) is 62.4 Å². The second kappa shape index (κ2) is 12.5. The molecule has 0 radical (unpaired) electrons. The van der Waals surface area contributed by atoms with E-state index in [1.54, 1.807) is 0 Å². The molecule has 0 aliphatic heterocycles. The summed E-state index contributed by atoms with van der Waals surface area (Å²) in [5.41, 5.74) is 4.45. The molecule has 0 unspecified atom stereocenters. The van der Waals surface area contributed by atoms with Gasteiger partial charge in [-0.15, -0.1) is 0 Å². The van der Waals surface area contributed by atoms with Crippen LogP contribution in [-0.2, 0) is 11.2 Å². The Morgan fingerprint density at radius 2 is 1.68 bits per heavy atom. The Morgan fingerprint density at radius 1 is 0.912 bits per heavy atom. The lowest BCUT2D eigenvalue weighted by molar-refractivity contribution is -0.137. The van der Waals surface area contributed by atoms with Gasteiger partial charge in [-0.2, -0.15) is 0 Å². The van der Waals surface area contributed by atoms with Crippen LogP contribution in [0.2, 0.25) is 5.02 Å². The SMILES string of the molecule is CCCCN(CCC)C(=O)c1ccc2nc(-c3ccc(Cl)cc3)c(CCCCC(=O)O)nc2c1. The fourth-order valence-corrected chi connectivity index (χ4v) is 4.05. The van der Waals surface area contributed by atoms with Gasteiger partial charge in [0, 0.05) is 35.7 Å². The highest BCUT2D eigenvalue weighted by Gasteiger charge is 2.17. The first-order chi connectivity index (χ1) is 16.4. The van der Waals surface area contributed by atoms with E-state index < -0.39 is 5.97 Å². The van der Waals surface area contributed by atoms with Crippen LogP contribution >= 0.6 is 11.6 Å². The number of hydrogen-bond donors (Lipinski definition) is 1. The number of fused-ring (bicyclic) bond motifs is 1. The third kappa shape index (κ3) is 6.76. The second-order valence-corrected chi connectivity index (χ2v) is 8.91. The first-order valence-electron chi connectivity index (χ1n) is 12.0. The molecule has 1 heterocycles. The van der Waals surface area contributed by atoms with Crippen molar-refractivity contribution in [3.8, 4) is 11.3 Å². The molecule has 0 atom stereocenters. The fraction of sp³-hybridized carbons (Fsp3) is 0.407. The van der Waals surface area contributed by atoms with Crippen LogP contribution < -0.4 is 0 Å². The normalized spacial score (nSPS) is 11.0. The number of nitrogens with zero attached hydrogens (tertiary/aromatic N) is 3. The molecule has 1 N–H and O–H groups in total. The van der Waals surface area contributed by atoms with Crippen LogP contribution in [0.1, 0.15) is 68.4 Å². The maximum absolute atomic E-state index is 13.2. The van der Waals surface area contributed by atoms with Gasteiger partial charge in [-0.25, -0.2) is 9.97 Å². The van der Waals surface area contributed by atoms with Crippen LogP contribution in [0.5, 0.6) is 0 Å². The van der Waals surface area contributed by atoms with E-state index in [-0.39, 0.29) is 12.3 Å². The zero-order valence-corrected chi connectivity index (χ0v) is 20.6. The number of aliphatic carboxylic acids is 1. The number of benzene rings is 2. The van der Waals surface area contributed by atoms with Crippen molar-refractivity contribution in [3.05, 3.63) is 58.7 Å². The molecule has 2 aromatic carbocycles. The summed E-state index contributed by atoms with van der Waals surface area (Å²) < 4.78 is 0. The van der Waals surface area contributed by atoms with Crippen LogP contribution in [0.25, 0.3) is 22.3 Å². The second-order valence-electron chi connectivity index (χ2n) is 8.48. The molecule has 180 valence electrons. The number of unbranched alkanes of at least 4 members (excludes halogenated alkanes) is 2. The molecule has 0 saturated heterocycles. The van der Waals surface area contributed by atoms with E-state index in [4.69, 9.17) is 26.7 Å². The molecule has 1 aromatic heterocycles. The summed E-state index contributed by atoms with van der Waals surface area (Å²) in [6.07, 6.45) is 4.91. The average Bonchev–Trinajstić information content (AvgIpc) is 2.83. The molecule has 3 aromatic rings. The number of carboxylic acid groups (broad SMARTS) is 1. The van der Waals surface area contributed by atoms with Gasteiger partial charge in [-0.3, -0.25) is 9.59 Å². The molecule has 34 heavy (non-hydrogen) atoms.